The van der Waals surface area contributed by atoms with Gasteiger partial charge in [-0.05, 0) is 25.1 Å². The molecule has 0 saturated heterocycles. The van der Waals surface area contributed by atoms with E-state index in [2.05, 4.69) is 15.1 Å². The van der Waals surface area contributed by atoms with Gasteiger partial charge in [0.15, 0.2) is 11.5 Å². The molecule has 23 heavy (non-hydrogen) atoms. The van der Waals surface area contributed by atoms with Gasteiger partial charge in [0.2, 0.25) is 10.0 Å². The maximum Gasteiger partial charge on any atom is 0.266 e. The Labute approximate surface area is 132 Å². The van der Waals surface area contributed by atoms with Crippen LogP contribution in [0, 0.1) is 6.92 Å². The van der Waals surface area contributed by atoms with Crippen molar-refractivity contribution >= 4 is 27.0 Å². The third kappa shape index (κ3) is 3.04. The molecule has 1 N–H and O–H groups in total. The number of nitrogens with one attached hydrogen (secondary N) is 1. The van der Waals surface area contributed by atoms with Gasteiger partial charge in [0, 0.05) is 17.8 Å². The van der Waals surface area contributed by atoms with Crippen LogP contribution in [-0.4, -0.2) is 40.3 Å². The number of amides is 1. The monoisotopic (exact) mass is 331 g/mol. The molecule has 0 spiro atoms. The van der Waals surface area contributed by atoms with Crippen molar-refractivity contribution in [3.8, 4) is 5.82 Å². The minimum Gasteiger partial charge on any atom is -0.268 e. The van der Waals surface area contributed by atoms with Crippen LogP contribution in [0.5, 0.6) is 0 Å². The Morgan fingerprint density at radius 2 is 2.04 bits per heavy atom. The van der Waals surface area contributed by atoms with Gasteiger partial charge in [-0.2, -0.15) is 9.78 Å². The van der Waals surface area contributed by atoms with E-state index < -0.39 is 15.9 Å². The highest BCUT2D eigenvalue weighted by atomic mass is 32.2. The summed E-state index contributed by atoms with van der Waals surface area (Å²) < 4.78 is 25.8. The SMILES string of the molecule is Cc1nn(-c2ccccn2)c2ncc(C(=O)NS(C)(=O)=O)cc12. The standard InChI is InChI=1S/C14H13N5O3S/c1-9-11-7-10(14(20)18-23(2,21)22)8-16-13(11)19(17-9)12-5-3-4-6-15-12/h3-8H,1-2H3,(H,18,20). The van der Waals surface area contributed by atoms with Gasteiger partial charge in [-0.3, -0.25) is 4.79 Å². The molecule has 1 amide bonds. The Balaban J connectivity index is 2.09. The van der Waals surface area contributed by atoms with Gasteiger partial charge in [0.05, 0.1) is 17.5 Å². The van der Waals surface area contributed by atoms with E-state index in [4.69, 9.17) is 0 Å². The third-order valence-corrected chi connectivity index (χ3v) is 3.67. The zero-order valence-electron chi connectivity index (χ0n) is 12.4. The van der Waals surface area contributed by atoms with Crippen LogP contribution in [-0.2, 0) is 10.0 Å². The lowest BCUT2D eigenvalue weighted by Crippen LogP contribution is -2.29. The van der Waals surface area contributed by atoms with Crippen molar-refractivity contribution in [2.75, 3.05) is 6.26 Å². The predicted octanol–water partition coefficient (Wildman–Crippen LogP) is 0.813. The van der Waals surface area contributed by atoms with E-state index in [0.29, 0.717) is 22.5 Å². The normalized spacial score (nSPS) is 11.6. The first-order valence-electron chi connectivity index (χ1n) is 6.64. The predicted molar refractivity (Wildman–Crippen MR) is 83.7 cm³/mol. The molecule has 3 aromatic heterocycles. The second kappa shape index (κ2) is 5.43. The molecule has 0 radical (unpaired) electrons. The highest BCUT2D eigenvalue weighted by Crippen LogP contribution is 2.20. The molecule has 118 valence electrons. The average Bonchev–Trinajstić information content (AvgIpc) is 2.83. The fraction of sp³-hybridized carbons (Fsp3) is 0.143. The number of aryl methyl sites for hydroxylation is 1. The van der Waals surface area contributed by atoms with Crippen molar-refractivity contribution in [2.24, 2.45) is 0 Å². The van der Waals surface area contributed by atoms with Crippen molar-refractivity contribution in [3.63, 3.8) is 0 Å². The molecule has 0 unspecified atom stereocenters. The fourth-order valence-electron chi connectivity index (χ4n) is 2.13. The van der Waals surface area contributed by atoms with Crippen LogP contribution in [0.3, 0.4) is 0 Å². The minimum atomic E-state index is -3.63. The number of fused-ring (bicyclic) bond motifs is 1. The Kier molecular flexibility index (Phi) is 3.57. The molecule has 0 aliphatic heterocycles. The van der Waals surface area contributed by atoms with Crippen molar-refractivity contribution in [3.05, 3.63) is 47.9 Å². The molecular weight excluding hydrogens is 318 g/mol. The zero-order valence-corrected chi connectivity index (χ0v) is 13.2. The summed E-state index contributed by atoms with van der Waals surface area (Å²) in [6.07, 6.45) is 3.87. The van der Waals surface area contributed by atoms with Crippen LogP contribution in [0.4, 0.5) is 0 Å². The summed E-state index contributed by atoms with van der Waals surface area (Å²) >= 11 is 0. The van der Waals surface area contributed by atoms with Crippen molar-refractivity contribution in [1.82, 2.24) is 24.5 Å². The van der Waals surface area contributed by atoms with Crippen molar-refractivity contribution < 1.29 is 13.2 Å². The third-order valence-electron chi connectivity index (χ3n) is 3.11. The smallest absolute Gasteiger partial charge is 0.266 e. The quantitative estimate of drug-likeness (QED) is 0.761. The first kappa shape index (κ1) is 15.1. The van der Waals surface area contributed by atoms with Crippen molar-refractivity contribution in [1.29, 1.82) is 0 Å². The second-order valence-electron chi connectivity index (χ2n) is 4.98. The topological polar surface area (TPSA) is 107 Å². The average molecular weight is 331 g/mol. The summed E-state index contributed by atoms with van der Waals surface area (Å²) in [7, 11) is -3.63. The summed E-state index contributed by atoms with van der Waals surface area (Å²) in [6.45, 7) is 1.78. The lowest BCUT2D eigenvalue weighted by atomic mass is 10.2. The number of sulfonamides is 1. The van der Waals surface area contributed by atoms with E-state index in [1.54, 1.807) is 36.0 Å². The fourth-order valence-corrected chi connectivity index (χ4v) is 2.59. The molecule has 3 rings (SSSR count). The van der Waals surface area contributed by atoms with Crippen LogP contribution in [0.25, 0.3) is 16.9 Å². The number of pyridine rings is 2. The number of carbonyl (C=O) groups excluding carboxylic acids is 1. The maximum absolute atomic E-state index is 11.9. The summed E-state index contributed by atoms with van der Waals surface area (Å²) in [4.78, 5) is 20.4. The van der Waals surface area contributed by atoms with E-state index in [1.807, 2.05) is 10.8 Å². The van der Waals surface area contributed by atoms with E-state index in [9.17, 15) is 13.2 Å². The maximum atomic E-state index is 11.9. The van der Waals surface area contributed by atoms with Gasteiger partial charge < -0.3 is 0 Å². The van der Waals surface area contributed by atoms with E-state index in [0.717, 1.165) is 6.26 Å². The lowest BCUT2D eigenvalue weighted by Gasteiger charge is -2.03. The molecule has 0 aliphatic carbocycles. The van der Waals surface area contributed by atoms with E-state index in [-0.39, 0.29) is 5.56 Å². The summed E-state index contributed by atoms with van der Waals surface area (Å²) in [5.74, 6) is -0.127. The second-order valence-corrected chi connectivity index (χ2v) is 6.73. The van der Waals surface area contributed by atoms with E-state index in [1.165, 1.54) is 6.20 Å². The molecule has 0 fully saturated rings. The molecule has 0 aromatic carbocycles. The molecule has 3 heterocycles. The lowest BCUT2D eigenvalue weighted by molar-refractivity contribution is 0.0981. The Bertz CT molecular complexity index is 996. The summed E-state index contributed by atoms with van der Waals surface area (Å²) in [5.41, 5.74) is 1.34. The molecule has 3 aromatic rings. The van der Waals surface area contributed by atoms with Gasteiger partial charge in [-0.1, -0.05) is 6.07 Å². The van der Waals surface area contributed by atoms with Crippen molar-refractivity contribution in [2.45, 2.75) is 6.92 Å². The Morgan fingerprint density at radius 1 is 1.26 bits per heavy atom. The number of carbonyl (C=O) groups is 1. The van der Waals surface area contributed by atoms with Crippen LogP contribution in [0.2, 0.25) is 0 Å². The Morgan fingerprint density at radius 3 is 2.70 bits per heavy atom. The summed E-state index contributed by atoms with van der Waals surface area (Å²) in [6, 6.07) is 6.98. The van der Waals surface area contributed by atoms with Gasteiger partial charge in [0.1, 0.15) is 0 Å². The molecule has 8 nitrogen and oxygen atoms in total. The molecule has 0 atom stereocenters. The zero-order chi connectivity index (χ0) is 16.6. The van der Waals surface area contributed by atoms with E-state index >= 15 is 0 Å². The first-order chi connectivity index (χ1) is 10.8. The molecule has 0 bridgehead atoms. The largest absolute Gasteiger partial charge is 0.268 e. The molecule has 0 aliphatic rings. The summed E-state index contributed by atoms with van der Waals surface area (Å²) in [5, 5.41) is 5.03. The van der Waals surface area contributed by atoms with Gasteiger partial charge in [0.25, 0.3) is 5.91 Å². The van der Waals surface area contributed by atoms with Crippen LogP contribution in [0.15, 0.2) is 36.7 Å². The van der Waals surface area contributed by atoms with Crippen LogP contribution >= 0.6 is 0 Å². The number of rotatable bonds is 3. The number of nitrogens with zero attached hydrogens (tertiary/aromatic N) is 4. The minimum absolute atomic E-state index is 0.145. The van der Waals surface area contributed by atoms with Gasteiger partial charge in [-0.25, -0.2) is 23.1 Å². The first-order valence-corrected chi connectivity index (χ1v) is 8.53. The molecule has 0 saturated carbocycles. The van der Waals surface area contributed by atoms with Crippen LogP contribution < -0.4 is 4.72 Å². The van der Waals surface area contributed by atoms with Crippen LogP contribution in [0.1, 0.15) is 16.1 Å². The number of hydrogen-bond acceptors (Lipinski definition) is 6. The number of aromatic nitrogens is 4. The molecular formula is C14H13N5O3S. The highest BCUT2D eigenvalue weighted by Gasteiger charge is 2.16. The highest BCUT2D eigenvalue weighted by molar-refractivity contribution is 7.89. The van der Waals surface area contributed by atoms with Gasteiger partial charge in [-0.15, -0.1) is 0 Å². The van der Waals surface area contributed by atoms with Gasteiger partial charge >= 0.3 is 0 Å². The molecule has 9 heteroatoms. The Hall–Kier alpha value is -2.81. The number of hydrogen-bond donors (Lipinski definition) is 1.